The molecule has 1 unspecified atom stereocenters. The minimum atomic E-state index is 0.171. The van der Waals surface area contributed by atoms with Crippen molar-refractivity contribution in [3.8, 4) is 0 Å². The zero-order valence-corrected chi connectivity index (χ0v) is 14.1. The van der Waals surface area contributed by atoms with Crippen LogP contribution in [0.25, 0.3) is 0 Å². The van der Waals surface area contributed by atoms with E-state index in [2.05, 4.69) is 65.4 Å². The highest BCUT2D eigenvalue weighted by atomic mass is 79.9. The van der Waals surface area contributed by atoms with Gasteiger partial charge < -0.3 is 5.32 Å². The van der Waals surface area contributed by atoms with Crippen molar-refractivity contribution in [3.63, 3.8) is 0 Å². The number of aryl methyl sites for hydroxylation is 1. The van der Waals surface area contributed by atoms with E-state index in [1.807, 2.05) is 12.1 Å². The van der Waals surface area contributed by atoms with Gasteiger partial charge in [0.2, 0.25) is 0 Å². The highest BCUT2D eigenvalue weighted by molar-refractivity contribution is 9.10. The van der Waals surface area contributed by atoms with Crippen LogP contribution in [0.3, 0.4) is 0 Å². The normalized spacial score (nSPS) is 12.4. The van der Waals surface area contributed by atoms with E-state index in [-0.39, 0.29) is 6.04 Å². The second kappa shape index (κ2) is 7.26. The molecule has 1 atom stereocenters. The summed E-state index contributed by atoms with van der Waals surface area (Å²) in [6.07, 6.45) is 1.10. The van der Waals surface area contributed by atoms with Crippen LogP contribution in [-0.2, 0) is 0 Å². The summed E-state index contributed by atoms with van der Waals surface area (Å²) in [7, 11) is 0. The van der Waals surface area contributed by atoms with E-state index >= 15 is 0 Å². The molecule has 0 spiro atoms. The van der Waals surface area contributed by atoms with Gasteiger partial charge in [0.05, 0.1) is 6.04 Å². The van der Waals surface area contributed by atoms with E-state index in [0.29, 0.717) is 0 Å². The summed E-state index contributed by atoms with van der Waals surface area (Å²) in [5.74, 6) is 0. The quantitative estimate of drug-likeness (QED) is 0.749. The standard InChI is InChI=1S/C17H19BrClN/c1-3-7-20-17(13-6-4-5-12(2)8-13)14-9-15(18)11-16(19)10-14/h4-6,8-11,17,20H,3,7H2,1-2H3. The van der Waals surface area contributed by atoms with Crippen molar-refractivity contribution >= 4 is 27.5 Å². The van der Waals surface area contributed by atoms with E-state index in [1.54, 1.807) is 0 Å². The van der Waals surface area contributed by atoms with Crippen LogP contribution in [0.4, 0.5) is 0 Å². The Kier molecular flexibility index (Phi) is 5.64. The van der Waals surface area contributed by atoms with Gasteiger partial charge in [-0.05, 0) is 49.2 Å². The fourth-order valence-electron chi connectivity index (χ4n) is 2.31. The molecule has 3 heteroatoms. The predicted molar refractivity (Wildman–Crippen MR) is 90.5 cm³/mol. The average molecular weight is 353 g/mol. The number of hydrogen-bond donors (Lipinski definition) is 1. The van der Waals surface area contributed by atoms with Gasteiger partial charge in [-0.2, -0.15) is 0 Å². The summed E-state index contributed by atoms with van der Waals surface area (Å²) in [4.78, 5) is 0. The number of nitrogens with one attached hydrogen (secondary N) is 1. The molecule has 2 aromatic rings. The first-order valence-electron chi connectivity index (χ1n) is 6.86. The van der Waals surface area contributed by atoms with Crippen molar-refractivity contribution in [3.05, 3.63) is 68.7 Å². The first-order chi connectivity index (χ1) is 9.60. The molecule has 0 aliphatic rings. The molecule has 1 nitrogen and oxygen atoms in total. The molecule has 2 rings (SSSR count). The molecule has 0 saturated heterocycles. The van der Waals surface area contributed by atoms with E-state index < -0.39 is 0 Å². The molecule has 0 aliphatic heterocycles. The van der Waals surface area contributed by atoms with Gasteiger partial charge in [0, 0.05) is 9.50 Å². The largest absolute Gasteiger partial charge is 0.306 e. The van der Waals surface area contributed by atoms with Crippen LogP contribution in [0.15, 0.2) is 46.9 Å². The first kappa shape index (κ1) is 15.6. The molecule has 2 aromatic carbocycles. The summed E-state index contributed by atoms with van der Waals surface area (Å²) in [6, 6.07) is 14.8. The number of hydrogen-bond acceptors (Lipinski definition) is 1. The summed E-state index contributed by atoms with van der Waals surface area (Å²) < 4.78 is 1.01. The summed E-state index contributed by atoms with van der Waals surface area (Å²) in [5, 5.41) is 4.36. The molecule has 0 aliphatic carbocycles. The van der Waals surface area contributed by atoms with Crippen LogP contribution in [0, 0.1) is 6.92 Å². The lowest BCUT2D eigenvalue weighted by Crippen LogP contribution is -2.23. The molecule has 20 heavy (non-hydrogen) atoms. The van der Waals surface area contributed by atoms with Crippen LogP contribution >= 0.6 is 27.5 Å². The van der Waals surface area contributed by atoms with Crippen molar-refractivity contribution in [2.24, 2.45) is 0 Å². The van der Waals surface area contributed by atoms with Gasteiger partial charge >= 0.3 is 0 Å². The highest BCUT2D eigenvalue weighted by Crippen LogP contribution is 2.28. The number of benzene rings is 2. The van der Waals surface area contributed by atoms with E-state index in [0.717, 1.165) is 22.5 Å². The van der Waals surface area contributed by atoms with Crippen molar-refractivity contribution < 1.29 is 0 Å². The Morgan fingerprint density at radius 3 is 2.60 bits per heavy atom. The SMILES string of the molecule is CCCNC(c1cccc(C)c1)c1cc(Cl)cc(Br)c1. The Labute approximate surface area is 134 Å². The molecule has 106 valence electrons. The van der Waals surface area contributed by atoms with E-state index in [4.69, 9.17) is 11.6 Å². The fraction of sp³-hybridized carbons (Fsp3) is 0.294. The minimum Gasteiger partial charge on any atom is -0.306 e. The Morgan fingerprint density at radius 2 is 1.95 bits per heavy atom. The zero-order valence-electron chi connectivity index (χ0n) is 11.8. The van der Waals surface area contributed by atoms with Crippen LogP contribution in [0.5, 0.6) is 0 Å². The molecular formula is C17H19BrClN. The molecule has 0 bridgehead atoms. The summed E-state index contributed by atoms with van der Waals surface area (Å²) >= 11 is 9.71. The van der Waals surface area contributed by atoms with Gasteiger partial charge in [0.25, 0.3) is 0 Å². The molecule has 0 radical (unpaired) electrons. The molecule has 0 amide bonds. The van der Waals surface area contributed by atoms with E-state index in [1.165, 1.54) is 16.7 Å². The Hall–Kier alpha value is -0.830. The van der Waals surface area contributed by atoms with Crippen LogP contribution < -0.4 is 5.32 Å². The van der Waals surface area contributed by atoms with E-state index in [9.17, 15) is 0 Å². The van der Waals surface area contributed by atoms with Gasteiger partial charge in [-0.15, -0.1) is 0 Å². The van der Waals surface area contributed by atoms with Crippen molar-refractivity contribution in [1.29, 1.82) is 0 Å². The third-order valence-corrected chi connectivity index (χ3v) is 3.87. The molecule has 0 fully saturated rings. The van der Waals surface area contributed by atoms with Gasteiger partial charge in [0.1, 0.15) is 0 Å². The zero-order chi connectivity index (χ0) is 14.5. The predicted octanol–water partition coefficient (Wildman–Crippen LogP) is 5.50. The molecular weight excluding hydrogens is 334 g/mol. The van der Waals surface area contributed by atoms with Crippen LogP contribution in [0.2, 0.25) is 5.02 Å². The third kappa shape index (κ3) is 4.08. The maximum atomic E-state index is 6.19. The molecule has 0 aromatic heterocycles. The average Bonchev–Trinajstić information content (AvgIpc) is 2.38. The smallest absolute Gasteiger partial charge is 0.0577 e. The molecule has 1 N–H and O–H groups in total. The van der Waals surface area contributed by atoms with Gasteiger partial charge in [-0.25, -0.2) is 0 Å². The lowest BCUT2D eigenvalue weighted by Gasteiger charge is -2.20. The number of halogens is 2. The summed E-state index contributed by atoms with van der Waals surface area (Å²) in [6.45, 7) is 5.27. The second-order valence-electron chi connectivity index (χ2n) is 5.00. The third-order valence-electron chi connectivity index (χ3n) is 3.19. The first-order valence-corrected chi connectivity index (χ1v) is 8.03. The van der Waals surface area contributed by atoms with Crippen LogP contribution in [-0.4, -0.2) is 6.54 Å². The number of rotatable bonds is 5. The molecule has 0 saturated carbocycles. The van der Waals surface area contributed by atoms with Crippen molar-refractivity contribution in [2.75, 3.05) is 6.54 Å². The summed E-state index contributed by atoms with van der Waals surface area (Å²) in [5.41, 5.74) is 3.72. The second-order valence-corrected chi connectivity index (χ2v) is 6.36. The molecule has 0 heterocycles. The highest BCUT2D eigenvalue weighted by Gasteiger charge is 2.14. The van der Waals surface area contributed by atoms with Crippen molar-refractivity contribution in [1.82, 2.24) is 5.32 Å². The lowest BCUT2D eigenvalue weighted by atomic mass is 9.97. The topological polar surface area (TPSA) is 12.0 Å². The fourth-order valence-corrected chi connectivity index (χ4v) is 3.19. The van der Waals surface area contributed by atoms with Crippen molar-refractivity contribution in [2.45, 2.75) is 26.3 Å². The Bertz CT molecular complexity index is 563. The van der Waals surface area contributed by atoms with Gasteiger partial charge in [-0.1, -0.05) is 64.3 Å². The Balaban J connectivity index is 2.41. The Morgan fingerprint density at radius 1 is 1.15 bits per heavy atom. The van der Waals surface area contributed by atoms with Gasteiger partial charge in [0.15, 0.2) is 0 Å². The maximum absolute atomic E-state index is 6.19. The minimum absolute atomic E-state index is 0.171. The van der Waals surface area contributed by atoms with Gasteiger partial charge in [-0.3, -0.25) is 0 Å². The van der Waals surface area contributed by atoms with Crippen LogP contribution in [0.1, 0.15) is 36.1 Å². The lowest BCUT2D eigenvalue weighted by molar-refractivity contribution is 0.598. The maximum Gasteiger partial charge on any atom is 0.0577 e. The monoisotopic (exact) mass is 351 g/mol.